The molecule has 0 unspecified atom stereocenters. The molecule has 0 heterocycles. The fraction of sp³-hybridized carbons (Fsp3) is 0.118. The Balaban J connectivity index is 1.20. The maximum absolute atomic E-state index is 12.5. The number of nitrogens with zero attached hydrogens (tertiary/aromatic N) is 2. The van der Waals surface area contributed by atoms with Crippen LogP contribution in [-0.4, -0.2) is 36.2 Å². The number of amides is 2. The van der Waals surface area contributed by atoms with E-state index in [-0.39, 0.29) is 36.2 Å². The van der Waals surface area contributed by atoms with E-state index in [1.165, 1.54) is 12.4 Å². The first kappa shape index (κ1) is 36.5. The molecule has 0 bridgehead atoms. The molecule has 4 rings (SSSR count). The van der Waals surface area contributed by atoms with Crippen molar-refractivity contribution in [2.24, 2.45) is 10.2 Å². The molecule has 0 atom stereocenters. The van der Waals surface area contributed by atoms with Gasteiger partial charge in [-0.1, -0.05) is 55.1 Å². The van der Waals surface area contributed by atoms with Gasteiger partial charge in [-0.25, -0.2) is 20.4 Å². The van der Waals surface area contributed by atoms with E-state index in [0.29, 0.717) is 45.1 Å². The topological polar surface area (TPSA) is 136 Å². The number of ether oxygens (including phenoxy) is 2. The van der Waals surface area contributed by atoms with Gasteiger partial charge in [0.15, 0.2) is 0 Å². The molecule has 0 aliphatic rings. The van der Waals surface area contributed by atoms with E-state index < -0.39 is 11.9 Å². The lowest BCUT2D eigenvalue weighted by atomic mass is 10.2. The summed E-state index contributed by atoms with van der Waals surface area (Å²) in [6.45, 7) is 0. The predicted octanol–water partition coefficient (Wildman–Crippen LogP) is 8.12. The van der Waals surface area contributed by atoms with Crippen LogP contribution in [0.25, 0.3) is 0 Å². The van der Waals surface area contributed by atoms with Crippen molar-refractivity contribution in [3.63, 3.8) is 0 Å². The maximum Gasteiger partial charge on any atom is 0.343 e. The summed E-state index contributed by atoms with van der Waals surface area (Å²) >= 11 is 18.5. The van der Waals surface area contributed by atoms with Gasteiger partial charge in [-0.3, -0.25) is 9.59 Å². The number of carbonyl (C=O) groups excluding carboxylic acids is 4. The molecule has 48 heavy (non-hydrogen) atoms. The highest BCUT2D eigenvalue weighted by Gasteiger charge is 2.13. The summed E-state index contributed by atoms with van der Waals surface area (Å²) in [5.74, 6) is -1.35. The summed E-state index contributed by atoms with van der Waals surface area (Å²) in [6, 6.07) is 22.6. The number of hydrogen-bond acceptors (Lipinski definition) is 8. The van der Waals surface area contributed by atoms with Gasteiger partial charge in [-0.15, -0.1) is 0 Å². The van der Waals surface area contributed by atoms with Crippen LogP contribution in [-0.2, 0) is 9.59 Å². The van der Waals surface area contributed by atoms with Crippen molar-refractivity contribution in [1.29, 1.82) is 0 Å². The first-order valence-corrected chi connectivity index (χ1v) is 16.6. The summed E-state index contributed by atoms with van der Waals surface area (Å²) in [7, 11) is 0. The molecule has 0 aliphatic heterocycles. The number of hydrazone groups is 2. The number of hydrogen-bond donors (Lipinski definition) is 2. The Labute approximate surface area is 302 Å². The molecule has 4 aromatic rings. The van der Waals surface area contributed by atoms with Crippen LogP contribution in [0.15, 0.2) is 104 Å². The summed E-state index contributed by atoms with van der Waals surface area (Å²) in [6.07, 6.45) is 3.85. The van der Waals surface area contributed by atoms with Gasteiger partial charge in [0, 0.05) is 43.0 Å². The largest absolute Gasteiger partial charge is 0.422 e. The van der Waals surface area contributed by atoms with Gasteiger partial charge in [0.1, 0.15) is 11.5 Å². The average Bonchev–Trinajstić information content (AvgIpc) is 3.06. The molecule has 2 amide bonds. The number of benzene rings is 4. The molecule has 0 aliphatic carbocycles. The van der Waals surface area contributed by atoms with Crippen LogP contribution in [0.4, 0.5) is 0 Å². The molecule has 4 aromatic carbocycles. The highest BCUT2D eigenvalue weighted by molar-refractivity contribution is 9.10. The molecule has 10 nitrogen and oxygen atoms in total. The predicted molar refractivity (Wildman–Crippen MR) is 191 cm³/mol. The van der Waals surface area contributed by atoms with E-state index in [0.717, 1.165) is 8.95 Å². The van der Waals surface area contributed by atoms with Crippen LogP contribution >= 0.6 is 55.1 Å². The van der Waals surface area contributed by atoms with Gasteiger partial charge in [-0.05, 0) is 97.8 Å². The van der Waals surface area contributed by atoms with Crippen LogP contribution in [0, 0.1) is 0 Å². The van der Waals surface area contributed by atoms with Crippen LogP contribution < -0.4 is 20.3 Å². The van der Waals surface area contributed by atoms with E-state index in [1.54, 1.807) is 84.9 Å². The average molecular weight is 817 g/mol. The van der Waals surface area contributed by atoms with E-state index in [4.69, 9.17) is 32.7 Å². The first-order chi connectivity index (χ1) is 23.1. The fourth-order valence-corrected chi connectivity index (χ4v) is 4.96. The summed E-state index contributed by atoms with van der Waals surface area (Å²) in [5.41, 5.74) is 6.44. The lowest BCUT2D eigenvalue weighted by molar-refractivity contribution is -0.123. The molecule has 14 heteroatoms. The number of halogens is 4. The third-order valence-electron chi connectivity index (χ3n) is 6.35. The smallest absolute Gasteiger partial charge is 0.343 e. The van der Waals surface area contributed by atoms with Crippen molar-refractivity contribution < 1.29 is 28.7 Å². The molecule has 0 spiro atoms. The monoisotopic (exact) mass is 814 g/mol. The third-order valence-corrected chi connectivity index (χ3v) is 7.84. The Hall–Kier alpha value is -4.36. The standard InChI is InChI=1S/C34H26Br2Cl2N4O6/c35-25-9-15-29(47-33(45)21-5-11-27(37)12-6-21)23(17-25)19-39-41-31(43)3-1-2-4-32(44)42-40-20-24-18-26(36)10-16-30(24)48-34(46)22-7-13-28(38)14-8-22/h5-20H,1-4H2,(H,41,43)(H,42,44)/b39-19-,40-20-. The minimum atomic E-state index is -0.573. The zero-order chi connectivity index (χ0) is 34.5. The van der Waals surface area contributed by atoms with Gasteiger partial charge in [0.2, 0.25) is 11.8 Å². The van der Waals surface area contributed by atoms with Crippen molar-refractivity contribution in [2.75, 3.05) is 0 Å². The Morgan fingerprint density at radius 3 is 1.35 bits per heavy atom. The lowest BCUT2D eigenvalue weighted by Crippen LogP contribution is -2.19. The Morgan fingerprint density at radius 2 is 0.979 bits per heavy atom. The second-order valence-corrected chi connectivity index (χ2v) is 12.7. The minimum Gasteiger partial charge on any atom is -0.422 e. The highest BCUT2D eigenvalue weighted by atomic mass is 79.9. The quantitative estimate of drug-likeness (QED) is 0.0460. The van der Waals surface area contributed by atoms with Crippen LogP contribution in [0.2, 0.25) is 10.0 Å². The fourth-order valence-electron chi connectivity index (χ4n) is 3.95. The van der Waals surface area contributed by atoms with E-state index in [1.807, 2.05) is 0 Å². The van der Waals surface area contributed by atoms with Crippen molar-refractivity contribution in [3.8, 4) is 11.5 Å². The van der Waals surface area contributed by atoms with Crippen molar-refractivity contribution in [1.82, 2.24) is 10.9 Å². The van der Waals surface area contributed by atoms with Crippen molar-refractivity contribution >= 4 is 91.2 Å². The third kappa shape index (κ3) is 11.7. The van der Waals surface area contributed by atoms with Crippen molar-refractivity contribution in [2.45, 2.75) is 25.7 Å². The van der Waals surface area contributed by atoms with Gasteiger partial charge in [0.25, 0.3) is 0 Å². The molecule has 0 saturated heterocycles. The molecule has 0 saturated carbocycles. The number of unbranched alkanes of at least 4 members (excludes halogenated alkanes) is 1. The molecular formula is C34H26Br2Cl2N4O6. The number of rotatable bonds is 13. The highest BCUT2D eigenvalue weighted by Crippen LogP contribution is 2.24. The summed E-state index contributed by atoms with van der Waals surface area (Å²) in [4.78, 5) is 49.6. The van der Waals surface area contributed by atoms with Crippen molar-refractivity contribution in [3.05, 3.63) is 126 Å². The van der Waals surface area contributed by atoms with E-state index in [2.05, 4.69) is 52.9 Å². The lowest BCUT2D eigenvalue weighted by Gasteiger charge is -2.08. The van der Waals surface area contributed by atoms with Crippen LogP contribution in [0.1, 0.15) is 57.5 Å². The number of esters is 2. The van der Waals surface area contributed by atoms with E-state index >= 15 is 0 Å². The molecule has 0 aromatic heterocycles. The molecule has 0 fully saturated rings. The Morgan fingerprint density at radius 1 is 0.604 bits per heavy atom. The van der Waals surface area contributed by atoms with Gasteiger partial charge in [0.05, 0.1) is 23.6 Å². The summed E-state index contributed by atoms with van der Waals surface area (Å²) in [5, 5.41) is 8.95. The maximum atomic E-state index is 12.5. The molecule has 2 N–H and O–H groups in total. The Kier molecular flexibility index (Phi) is 13.9. The first-order valence-electron chi connectivity index (χ1n) is 14.3. The second kappa shape index (κ2) is 18.3. The normalized spacial score (nSPS) is 11.0. The molecular weight excluding hydrogens is 791 g/mol. The van der Waals surface area contributed by atoms with Crippen LogP contribution in [0.3, 0.4) is 0 Å². The zero-order valence-corrected chi connectivity index (χ0v) is 29.6. The zero-order valence-electron chi connectivity index (χ0n) is 24.9. The number of carbonyl (C=O) groups is 4. The van der Waals surface area contributed by atoms with E-state index in [9.17, 15) is 19.2 Å². The Bertz CT molecular complexity index is 1720. The summed E-state index contributed by atoms with van der Waals surface area (Å²) < 4.78 is 12.5. The van der Waals surface area contributed by atoms with Crippen LogP contribution in [0.5, 0.6) is 11.5 Å². The van der Waals surface area contributed by atoms with Gasteiger partial charge >= 0.3 is 11.9 Å². The molecule has 0 radical (unpaired) electrons. The van der Waals surface area contributed by atoms with Gasteiger partial charge < -0.3 is 9.47 Å². The second-order valence-electron chi connectivity index (χ2n) is 9.95. The van der Waals surface area contributed by atoms with Gasteiger partial charge in [-0.2, -0.15) is 10.2 Å². The number of nitrogens with one attached hydrogen (secondary N) is 2. The SMILES string of the molecule is O=C(CCCCC(=O)N/N=C\c1cc(Br)ccc1OC(=O)c1ccc(Cl)cc1)N/N=C\c1cc(Br)ccc1OC(=O)c1ccc(Cl)cc1. The molecule has 246 valence electrons. The minimum absolute atomic E-state index is 0.130.